The molecule has 1 heterocycles. The summed E-state index contributed by atoms with van der Waals surface area (Å²) in [6.07, 6.45) is 0.783. The number of carbonyl (C=O) groups is 1. The number of aryl methyl sites for hydroxylation is 4. The maximum atomic E-state index is 13.3. The molecule has 2 aromatic rings. The number of benzene rings is 2. The van der Waals surface area contributed by atoms with Gasteiger partial charge in [-0.05, 0) is 76.4 Å². The van der Waals surface area contributed by atoms with Crippen molar-refractivity contribution >= 4 is 31.6 Å². The van der Waals surface area contributed by atoms with E-state index in [1.165, 1.54) is 23.5 Å². The summed E-state index contributed by atoms with van der Waals surface area (Å²) >= 11 is 0. The fraction of sp³-hybridized carbons (Fsp3) is 0.435. The zero-order chi connectivity index (χ0) is 24.6. The molecule has 0 aliphatic carbocycles. The Bertz CT molecular complexity index is 1260. The highest BCUT2D eigenvalue weighted by molar-refractivity contribution is 7.89. The summed E-state index contributed by atoms with van der Waals surface area (Å²) in [5, 5.41) is 2.83. The molecule has 2 N–H and O–H groups in total. The molecule has 0 saturated carbocycles. The molecule has 0 aromatic heterocycles. The Morgan fingerprint density at radius 1 is 0.909 bits per heavy atom. The van der Waals surface area contributed by atoms with Gasteiger partial charge in [-0.15, -0.1) is 0 Å². The van der Waals surface area contributed by atoms with Gasteiger partial charge in [0.25, 0.3) is 0 Å². The van der Waals surface area contributed by atoms with Crippen LogP contribution in [0.25, 0.3) is 0 Å². The van der Waals surface area contributed by atoms with Gasteiger partial charge in [-0.2, -0.15) is 4.31 Å². The third kappa shape index (κ3) is 5.29. The van der Waals surface area contributed by atoms with Gasteiger partial charge in [0.05, 0.1) is 9.79 Å². The molecule has 8 nitrogen and oxygen atoms in total. The van der Waals surface area contributed by atoms with Crippen LogP contribution in [-0.4, -0.2) is 47.2 Å². The van der Waals surface area contributed by atoms with Crippen molar-refractivity contribution in [2.45, 2.75) is 50.3 Å². The average molecular weight is 494 g/mol. The molecule has 33 heavy (non-hydrogen) atoms. The first-order valence-electron chi connectivity index (χ1n) is 10.8. The van der Waals surface area contributed by atoms with Crippen LogP contribution in [0.5, 0.6) is 0 Å². The van der Waals surface area contributed by atoms with Crippen molar-refractivity contribution in [2.24, 2.45) is 5.92 Å². The Balaban J connectivity index is 1.72. The topological polar surface area (TPSA) is 113 Å². The Hall–Kier alpha value is -2.27. The summed E-state index contributed by atoms with van der Waals surface area (Å²) in [5.41, 5.74) is 3.63. The predicted molar refractivity (Wildman–Crippen MR) is 128 cm³/mol. The molecule has 0 atom stereocenters. The molecular weight excluding hydrogens is 462 g/mol. The van der Waals surface area contributed by atoms with Crippen LogP contribution in [0.1, 0.15) is 35.1 Å². The quantitative estimate of drug-likeness (QED) is 0.643. The molecule has 0 bridgehead atoms. The molecule has 3 rings (SSSR count). The molecule has 2 aromatic carbocycles. The van der Waals surface area contributed by atoms with E-state index in [2.05, 4.69) is 10.0 Å². The van der Waals surface area contributed by atoms with Crippen molar-refractivity contribution < 1.29 is 21.6 Å². The third-order valence-corrected chi connectivity index (χ3v) is 9.69. The van der Waals surface area contributed by atoms with E-state index in [0.29, 0.717) is 23.4 Å². The van der Waals surface area contributed by atoms with E-state index in [4.69, 9.17) is 0 Å². The van der Waals surface area contributed by atoms with Crippen LogP contribution in [0, 0.1) is 33.6 Å². The zero-order valence-electron chi connectivity index (χ0n) is 19.6. The molecule has 10 heteroatoms. The van der Waals surface area contributed by atoms with Crippen molar-refractivity contribution in [2.75, 3.05) is 25.5 Å². The Kier molecular flexibility index (Phi) is 7.33. The predicted octanol–water partition coefficient (Wildman–Crippen LogP) is 2.87. The van der Waals surface area contributed by atoms with Gasteiger partial charge in [-0.3, -0.25) is 4.79 Å². The van der Waals surface area contributed by atoms with Crippen LogP contribution in [0.4, 0.5) is 5.69 Å². The maximum absolute atomic E-state index is 13.3. The van der Waals surface area contributed by atoms with Gasteiger partial charge in [0.2, 0.25) is 26.0 Å². The second-order valence-corrected chi connectivity index (χ2v) is 12.3. The number of hydrogen-bond acceptors (Lipinski definition) is 5. The molecule has 0 radical (unpaired) electrons. The fourth-order valence-corrected chi connectivity index (χ4v) is 6.95. The second kappa shape index (κ2) is 9.54. The number of rotatable bonds is 6. The van der Waals surface area contributed by atoms with Crippen LogP contribution in [0.2, 0.25) is 0 Å². The van der Waals surface area contributed by atoms with E-state index in [1.807, 2.05) is 19.1 Å². The Morgan fingerprint density at radius 3 is 2.03 bits per heavy atom. The van der Waals surface area contributed by atoms with E-state index in [9.17, 15) is 21.6 Å². The van der Waals surface area contributed by atoms with Crippen molar-refractivity contribution in [3.8, 4) is 0 Å². The normalized spacial score (nSPS) is 16.0. The highest BCUT2D eigenvalue weighted by Crippen LogP contribution is 2.29. The summed E-state index contributed by atoms with van der Waals surface area (Å²) in [4.78, 5) is 13.3. The second-order valence-electron chi connectivity index (χ2n) is 8.58. The third-order valence-electron chi connectivity index (χ3n) is 6.07. The number of anilines is 1. The number of sulfonamides is 2. The summed E-state index contributed by atoms with van der Waals surface area (Å²) in [6.45, 7) is 7.83. The molecule has 1 saturated heterocycles. The number of nitrogens with zero attached hydrogens (tertiary/aromatic N) is 1. The van der Waals surface area contributed by atoms with Gasteiger partial charge in [0, 0.05) is 24.7 Å². The van der Waals surface area contributed by atoms with E-state index in [1.54, 1.807) is 26.8 Å². The minimum Gasteiger partial charge on any atom is -0.326 e. The van der Waals surface area contributed by atoms with Crippen LogP contribution < -0.4 is 10.0 Å². The molecule has 180 valence electrons. The minimum atomic E-state index is -3.65. The molecule has 0 unspecified atom stereocenters. The average Bonchev–Trinajstić information content (AvgIpc) is 2.74. The standard InChI is InChI=1S/C23H31N3O5S2/c1-15-12-17(3)22(18(4)13-15)33(30,31)26-10-8-19(9-11-26)23(27)25-21-14-20(7-6-16(21)2)32(28,29)24-5/h6-7,12-14,19,24H,8-11H2,1-5H3,(H,25,27). The first kappa shape index (κ1) is 25.4. The van der Waals surface area contributed by atoms with E-state index in [-0.39, 0.29) is 29.8 Å². The molecule has 1 amide bonds. The maximum Gasteiger partial charge on any atom is 0.243 e. The van der Waals surface area contributed by atoms with Gasteiger partial charge in [0.15, 0.2) is 0 Å². The zero-order valence-corrected chi connectivity index (χ0v) is 21.2. The minimum absolute atomic E-state index is 0.0654. The highest BCUT2D eigenvalue weighted by Gasteiger charge is 2.34. The molecule has 0 spiro atoms. The van der Waals surface area contributed by atoms with Gasteiger partial charge < -0.3 is 5.32 Å². The molecule has 1 fully saturated rings. The van der Waals surface area contributed by atoms with Gasteiger partial charge in [0.1, 0.15) is 0 Å². The SMILES string of the molecule is CNS(=O)(=O)c1ccc(C)c(NC(=O)C2CCN(S(=O)(=O)c3c(C)cc(C)cc3C)CC2)c1. The lowest BCUT2D eigenvalue weighted by molar-refractivity contribution is -0.120. The summed E-state index contributed by atoms with van der Waals surface area (Å²) in [5.74, 6) is -0.600. The lowest BCUT2D eigenvalue weighted by Gasteiger charge is -2.31. The Morgan fingerprint density at radius 2 is 1.48 bits per heavy atom. The van der Waals surface area contributed by atoms with Crippen LogP contribution in [-0.2, 0) is 24.8 Å². The smallest absolute Gasteiger partial charge is 0.243 e. The summed E-state index contributed by atoms with van der Waals surface area (Å²) in [7, 11) is -5.96. The fourth-order valence-electron chi connectivity index (χ4n) is 4.32. The van der Waals surface area contributed by atoms with Crippen molar-refractivity contribution in [3.05, 3.63) is 52.6 Å². The number of nitrogens with one attached hydrogen (secondary N) is 2. The largest absolute Gasteiger partial charge is 0.326 e. The number of piperidine rings is 1. The van der Waals surface area contributed by atoms with Gasteiger partial charge >= 0.3 is 0 Å². The monoisotopic (exact) mass is 493 g/mol. The summed E-state index contributed by atoms with van der Waals surface area (Å²) < 4.78 is 54.4. The van der Waals surface area contributed by atoms with Crippen molar-refractivity contribution in [1.82, 2.24) is 9.03 Å². The molecule has 1 aliphatic heterocycles. The lowest BCUT2D eigenvalue weighted by atomic mass is 9.97. The van der Waals surface area contributed by atoms with Gasteiger partial charge in [-0.1, -0.05) is 23.8 Å². The summed E-state index contributed by atoms with van der Waals surface area (Å²) in [6, 6.07) is 8.29. The first-order valence-corrected chi connectivity index (χ1v) is 13.7. The first-order chi connectivity index (χ1) is 15.4. The number of amides is 1. The van der Waals surface area contributed by atoms with E-state index < -0.39 is 20.0 Å². The highest BCUT2D eigenvalue weighted by atomic mass is 32.2. The van der Waals surface area contributed by atoms with Gasteiger partial charge in [-0.25, -0.2) is 21.6 Å². The number of carbonyl (C=O) groups excluding carboxylic acids is 1. The van der Waals surface area contributed by atoms with Crippen LogP contribution in [0.15, 0.2) is 40.1 Å². The van der Waals surface area contributed by atoms with E-state index >= 15 is 0 Å². The number of hydrogen-bond donors (Lipinski definition) is 2. The van der Waals surface area contributed by atoms with Crippen LogP contribution >= 0.6 is 0 Å². The molecular formula is C23H31N3O5S2. The Labute approximate surface area is 196 Å². The molecule has 1 aliphatic rings. The lowest BCUT2D eigenvalue weighted by Crippen LogP contribution is -2.41. The van der Waals surface area contributed by atoms with Crippen molar-refractivity contribution in [3.63, 3.8) is 0 Å². The van der Waals surface area contributed by atoms with Crippen LogP contribution in [0.3, 0.4) is 0 Å². The van der Waals surface area contributed by atoms with Crippen molar-refractivity contribution in [1.29, 1.82) is 0 Å². The van der Waals surface area contributed by atoms with E-state index in [0.717, 1.165) is 22.3 Å².